The van der Waals surface area contributed by atoms with Crippen LogP contribution < -0.4 is 5.32 Å². The van der Waals surface area contributed by atoms with Crippen molar-refractivity contribution in [2.24, 2.45) is 5.92 Å². The predicted molar refractivity (Wildman–Crippen MR) is 89.5 cm³/mol. The van der Waals surface area contributed by atoms with Crippen LogP contribution in [-0.4, -0.2) is 38.6 Å². The summed E-state index contributed by atoms with van der Waals surface area (Å²) in [5, 5.41) is 6.80. The van der Waals surface area contributed by atoms with Crippen molar-refractivity contribution < 1.29 is 8.42 Å². The van der Waals surface area contributed by atoms with Crippen LogP contribution in [-0.2, 0) is 10.0 Å². The van der Waals surface area contributed by atoms with Crippen molar-refractivity contribution in [3.8, 4) is 0 Å². The molecule has 1 unspecified atom stereocenters. The molecule has 1 aliphatic heterocycles. The lowest BCUT2D eigenvalue weighted by atomic mass is 9.99. The summed E-state index contributed by atoms with van der Waals surface area (Å²) < 4.78 is 26.2. The first-order valence-corrected chi connectivity index (χ1v) is 9.91. The number of hydrogen-bond acceptors (Lipinski definition) is 4. The number of piperidine rings is 1. The molecule has 4 nitrogen and oxygen atoms in total. The number of fused-ring (bicyclic) bond motifs is 1. The lowest BCUT2D eigenvalue weighted by Crippen LogP contribution is -2.41. The predicted octanol–water partition coefficient (Wildman–Crippen LogP) is 2.98. The quantitative estimate of drug-likeness (QED) is 0.940. The molecule has 0 amide bonds. The van der Waals surface area contributed by atoms with Crippen molar-refractivity contribution in [3.05, 3.63) is 29.6 Å². The van der Waals surface area contributed by atoms with Gasteiger partial charge >= 0.3 is 0 Å². The summed E-state index contributed by atoms with van der Waals surface area (Å²) in [7, 11) is -3.06. The van der Waals surface area contributed by atoms with Crippen LogP contribution in [0.15, 0.2) is 29.6 Å². The van der Waals surface area contributed by atoms with Gasteiger partial charge in [-0.2, -0.15) is 0 Å². The molecule has 0 spiro atoms. The lowest BCUT2D eigenvalue weighted by Gasteiger charge is -2.31. The summed E-state index contributed by atoms with van der Waals surface area (Å²) in [5.41, 5.74) is 1.11. The zero-order valence-corrected chi connectivity index (χ0v) is 13.7. The van der Waals surface area contributed by atoms with Gasteiger partial charge in [-0.3, -0.25) is 0 Å². The van der Waals surface area contributed by atoms with Crippen molar-refractivity contribution in [1.82, 2.24) is 4.31 Å². The molecule has 2 aromatic rings. The highest BCUT2D eigenvalue weighted by Gasteiger charge is 2.25. The molecule has 1 atom stereocenters. The van der Waals surface area contributed by atoms with E-state index in [1.165, 1.54) is 16.3 Å². The van der Waals surface area contributed by atoms with Crippen LogP contribution in [0.4, 0.5) is 5.69 Å². The molecule has 1 aliphatic rings. The fourth-order valence-corrected chi connectivity index (χ4v) is 4.55. The van der Waals surface area contributed by atoms with E-state index < -0.39 is 10.0 Å². The zero-order valence-electron chi connectivity index (χ0n) is 12.1. The summed E-state index contributed by atoms with van der Waals surface area (Å²) in [6, 6.07) is 8.50. The maximum atomic E-state index is 11.6. The molecular formula is C15H20N2O2S2. The molecular weight excluding hydrogens is 304 g/mol. The van der Waals surface area contributed by atoms with Gasteiger partial charge in [0.25, 0.3) is 0 Å². The van der Waals surface area contributed by atoms with Gasteiger partial charge in [0, 0.05) is 30.0 Å². The van der Waals surface area contributed by atoms with Crippen LogP contribution in [0, 0.1) is 5.92 Å². The number of rotatable bonds is 4. The second kappa shape index (κ2) is 5.94. The van der Waals surface area contributed by atoms with Gasteiger partial charge < -0.3 is 5.32 Å². The minimum Gasteiger partial charge on any atom is -0.385 e. The van der Waals surface area contributed by atoms with Gasteiger partial charge in [0.2, 0.25) is 10.0 Å². The molecule has 3 rings (SSSR count). The number of anilines is 1. The highest BCUT2D eigenvalue weighted by molar-refractivity contribution is 7.88. The number of nitrogens with zero attached hydrogens (tertiary/aromatic N) is 1. The molecule has 1 aromatic carbocycles. The third-order valence-corrected chi connectivity index (χ3v) is 6.17. The van der Waals surface area contributed by atoms with Crippen LogP contribution in [0.1, 0.15) is 12.8 Å². The maximum Gasteiger partial charge on any atom is 0.211 e. The monoisotopic (exact) mass is 324 g/mol. The van der Waals surface area contributed by atoms with E-state index in [9.17, 15) is 8.42 Å². The molecule has 1 aromatic heterocycles. The topological polar surface area (TPSA) is 49.4 Å². The van der Waals surface area contributed by atoms with Crippen molar-refractivity contribution in [2.45, 2.75) is 12.8 Å². The molecule has 0 aliphatic carbocycles. The van der Waals surface area contributed by atoms with E-state index in [-0.39, 0.29) is 0 Å². The molecule has 21 heavy (non-hydrogen) atoms. The number of benzene rings is 1. The Labute approximate surface area is 129 Å². The Morgan fingerprint density at radius 2 is 2.24 bits per heavy atom. The van der Waals surface area contributed by atoms with E-state index in [4.69, 9.17) is 0 Å². The number of thiophene rings is 1. The summed E-state index contributed by atoms with van der Waals surface area (Å²) in [4.78, 5) is 0. The molecule has 0 bridgehead atoms. The van der Waals surface area contributed by atoms with Crippen LogP contribution in [0.5, 0.6) is 0 Å². The maximum absolute atomic E-state index is 11.6. The second-order valence-electron chi connectivity index (χ2n) is 5.68. The number of sulfonamides is 1. The Kier molecular flexibility index (Phi) is 4.19. The minimum atomic E-state index is -3.06. The fraction of sp³-hybridized carbons (Fsp3) is 0.467. The van der Waals surface area contributed by atoms with Gasteiger partial charge in [-0.05, 0) is 53.8 Å². The van der Waals surface area contributed by atoms with Gasteiger partial charge in [-0.15, -0.1) is 11.3 Å². The van der Waals surface area contributed by atoms with Crippen molar-refractivity contribution >= 4 is 37.1 Å². The van der Waals surface area contributed by atoms with Crippen LogP contribution in [0.3, 0.4) is 0 Å². The first-order chi connectivity index (χ1) is 10.0. The van der Waals surface area contributed by atoms with Gasteiger partial charge in [0.05, 0.1) is 6.26 Å². The van der Waals surface area contributed by atoms with Crippen molar-refractivity contribution in [3.63, 3.8) is 0 Å². The van der Waals surface area contributed by atoms with Crippen molar-refractivity contribution in [2.75, 3.05) is 31.2 Å². The summed E-state index contributed by atoms with van der Waals surface area (Å²) in [6.07, 6.45) is 3.33. The van der Waals surface area contributed by atoms with E-state index in [0.717, 1.165) is 25.1 Å². The average Bonchev–Trinajstić information content (AvgIpc) is 2.92. The molecule has 6 heteroatoms. The summed E-state index contributed by atoms with van der Waals surface area (Å²) in [5.74, 6) is 0.381. The average molecular weight is 324 g/mol. The molecule has 1 saturated heterocycles. The Hall–Kier alpha value is -1.11. The van der Waals surface area contributed by atoms with Gasteiger partial charge in [-0.25, -0.2) is 12.7 Å². The first kappa shape index (κ1) is 14.8. The highest BCUT2D eigenvalue weighted by atomic mass is 32.2. The largest absolute Gasteiger partial charge is 0.385 e. The standard InChI is InChI=1S/C15H20N2O2S2/c1-21(18,19)17-7-2-3-12(11-17)10-16-14-4-5-15-13(9-14)6-8-20-15/h4-6,8-9,12,16H,2-3,7,10-11H2,1H3. The van der Waals surface area contributed by atoms with Gasteiger partial charge in [0.1, 0.15) is 0 Å². The molecule has 1 N–H and O–H groups in total. The smallest absolute Gasteiger partial charge is 0.211 e. The van der Waals surface area contributed by atoms with Crippen molar-refractivity contribution in [1.29, 1.82) is 0 Å². The van der Waals surface area contributed by atoms with E-state index in [1.54, 1.807) is 15.6 Å². The third kappa shape index (κ3) is 3.56. The zero-order chi connectivity index (χ0) is 14.9. The third-order valence-electron chi connectivity index (χ3n) is 4.00. The van der Waals surface area contributed by atoms with E-state index in [0.29, 0.717) is 19.0 Å². The summed E-state index contributed by atoms with van der Waals surface area (Å²) in [6.45, 7) is 2.12. The number of nitrogens with one attached hydrogen (secondary N) is 1. The SMILES string of the molecule is CS(=O)(=O)N1CCCC(CNc2ccc3sccc3c2)C1. The normalized spacial score (nSPS) is 20.7. The highest BCUT2D eigenvalue weighted by Crippen LogP contribution is 2.25. The van der Waals surface area contributed by atoms with E-state index in [1.807, 2.05) is 0 Å². The molecule has 1 fully saturated rings. The fourth-order valence-electron chi connectivity index (χ4n) is 2.83. The molecule has 114 valence electrons. The number of hydrogen-bond donors (Lipinski definition) is 1. The van der Waals surface area contributed by atoms with Gasteiger partial charge in [-0.1, -0.05) is 0 Å². The Balaban J connectivity index is 1.61. The van der Waals surface area contributed by atoms with Crippen LogP contribution in [0.25, 0.3) is 10.1 Å². The minimum absolute atomic E-state index is 0.381. The Bertz CT molecular complexity index is 724. The van der Waals surface area contributed by atoms with E-state index >= 15 is 0 Å². The van der Waals surface area contributed by atoms with E-state index in [2.05, 4.69) is 35.0 Å². The molecule has 0 saturated carbocycles. The Morgan fingerprint density at radius 1 is 1.38 bits per heavy atom. The molecule has 0 radical (unpaired) electrons. The lowest BCUT2D eigenvalue weighted by molar-refractivity contribution is 0.277. The Morgan fingerprint density at radius 3 is 3.05 bits per heavy atom. The van der Waals surface area contributed by atoms with Crippen LogP contribution >= 0.6 is 11.3 Å². The van der Waals surface area contributed by atoms with Crippen LogP contribution in [0.2, 0.25) is 0 Å². The first-order valence-electron chi connectivity index (χ1n) is 7.18. The second-order valence-corrected chi connectivity index (χ2v) is 8.61. The van der Waals surface area contributed by atoms with Gasteiger partial charge in [0.15, 0.2) is 0 Å². The summed E-state index contributed by atoms with van der Waals surface area (Å²) >= 11 is 1.74. The molecule has 2 heterocycles.